The zero-order chi connectivity index (χ0) is 19.1. The summed E-state index contributed by atoms with van der Waals surface area (Å²) < 4.78 is 1.25. The number of benzene rings is 1. The Hall–Kier alpha value is -2.33. The minimum atomic E-state index is 0.416. The zero-order valence-electron chi connectivity index (χ0n) is 16.8. The molecule has 4 nitrogen and oxygen atoms in total. The summed E-state index contributed by atoms with van der Waals surface area (Å²) in [6.07, 6.45) is 2.43. The molecule has 1 saturated heterocycles. The second-order valence-corrected chi connectivity index (χ2v) is 8.24. The third-order valence-corrected chi connectivity index (χ3v) is 5.94. The van der Waals surface area contributed by atoms with Gasteiger partial charge in [-0.2, -0.15) is 0 Å². The Morgan fingerprint density at radius 1 is 1.04 bits per heavy atom. The van der Waals surface area contributed by atoms with Crippen LogP contribution < -0.4 is 10.0 Å². The molecular formula is C23H30N3O+. The van der Waals surface area contributed by atoms with Gasteiger partial charge < -0.3 is 10.3 Å². The SMILES string of the molecule is Cc1cc(-c2[nH]c3ccc(C4CCNCC4)cc3c2C(C)C)cc(C)[n+]1O. The monoisotopic (exact) mass is 364 g/mol. The van der Waals surface area contributed by atoms with E-state index in [4.69, 9.17) is 0 Å². The minimum absolute atomic E-state index is 0.416. The second kappa shape index (κ2) is 7.01. The predicted octanol–water partition coefficient (Wildman–Crippen LogP) is 4.57. The lowest BCUT2D eigenvalue weighted by atomic mass is 9.88. The highest BCUT2D eigenvalue weighted by Crippen LogP contribution is 2.38. The Bertz CT molecular complexity index is 958. The van der Waals surface area contributed by atoms with Gasteiger partial charge in [0.05, 0.1) is 5.69 Å². The van der Waals surface area contributed by atoms with Crippen molar-refractivity contribution in [1.29, 1.82) is 0 Å². The Morgan fingerprint density at radius 2 is 1.70 bits per heavy atom. The topological polar surface area (TPSA) is 51.9 Å². The predicted molar refractivity (Wildman–Crippen MR) is 110 cm³/mol. The van der Waals surface area contributed by atoms with Gasteiger partial charge in [-0.3, -0.25) is 5.21 Å². The van der Waals surface area contributed by atoms with Crippen molar-refractivity contribution < 1.29 is 9.94 Å². The molecular weight excluding hydrogens is 334 g/mol. The Morgan fingerprint density at radius 3 is 2.33 bits per heavy atom. The van der Waals surface area contributed by atoms with Gasteiger partial charge in [0.25, 0.3) is 0 Å². The lowest BCUT2D eigenvalue weighted by Crippen LogP contribution is -2.37. The van der Waals surface area contributed by atoms with E-state index in [2.05, 4.69) is 54.5 Å². The Kier molecular flexibility index (Phi) is 4.68. The fraction of sp³-hybridized carbons (Fsp3) is 0.435. The number of piperidine rings is 1. The molecule has 3 N–H and O–H groups in total. The molecule has 3 heterocycles. The average molecular weight is 365 g/mol. The smallest absolute Gasteiger partial charge is 0.232 e. The molecule has 4 rings (SSSR count). The van der Waals surface area contributed by atoms with E-state index in [0.717, 1.165) is 30.0 Å². The summed E-state index contributed by atoms with van der Waals surface area (Å²) in [5.74, 6) is 1.07. The van der Waals surface area contributed by atoms with Crippen LogP contribution in [0.3, 0.4) is 0 Å². The van der Waals surface area contributed by atoms with E-state index in [-0.39, 0.29) is 0 Å². The minimum Gasteiger partial charge on any atom is -0.354 e. The largest absolute Gasteiger partial charge is 0.354 e. The number of nitrogens with one attached hydrogen (secondary N) is 2. The van der Waals surface area contributed by atoms with Crippen molar-refractivity contribution in [2.75, 3.05) is 13.1 Å². The van der Waals surface area contributed by atoms with E-state index >= 15 is 0 Å². The Balaban J connectivity index is 1.87. The Labute approximate surface area is 161 Å². The van der Waals surface area contributed by atoms with Gasteiger partial charge in [-0.15, -0.1) is 0 Å². The number of hydrogen-bond donors (Lipinski definition) is 3. The number of fused-ring (bicyclic) bond motifs is 1. The normalized spacial score (nSPS) is 15.7. The van der Waals surface area contributed by atoms with Crippen LogP contribution in [0.2, 0.25) is 0 Å². The molecule has 0 atom stereocenters. The molecule has 0 amide bonds. The number of aryl methyl sites for hydroxylation is 2. The van der Waals surface area contributed by atoms with Crippen LogP contribution in [-0.2, 0) is 0 Å². The van der Waals surface area contributed by atoms with E-state index in [0.29, 0.717) is 11.8 Å². The molecule has 2 aromatic heterocycles. The van der Waals surface area contributed by atoms with Gasteiger partial charge in [-0.25, -0.2) is 0 Å². The van der Waals surface area contributed by atoms with Crippen molar-refractivity contribution in [3.8, 4) is 11.3 Å². The molecule has 0 unspecified atom stereocenters. The maximum atomic E-state index is 10.1. The summed E-state index contributed by atoms with van der Waals surface area (Å²) in [5, 5.41) is 14.9. The first-order valence-corrected chi connectivity index (χ1v) is 10.0. The molecule has 142 valence electrons. The van der Waals surface area contributed by atoms with Gasteiger partial charge in [0, 0.05) is 47.2 Å². The van der Waals surface area contributed by atoms with Crippen LogP contribution in [0.5, 0.6) is 0 Å². The van der Waals surface area contributed by atoms with Crippen LogP contribution >= 0.6 is 0 Å². The van der Waals surface area contributed by atoms with Crippen LogP contribution in [0.1, 0.15) is 61.0 Å². The van der Waals surface area contributed by atoms with Crippen molar-refractivity contribution in [3.63, 3.8) is 0 Å². The number of pyridine rings is 1. The summed E-state index contributed by atoms with van der Waals surface area (Å²) >= 11 is 0. The quantitative estimate of drug-likeness (QED) is 0.471. The van der Waals surface area contributed by atoms with Gasteiger partial charge in [-0.1, -0.05) is 19.9 Å². The first-order valence-electron chi connectivity index (χ1n) is 10.0. The van der Waals surface area contributed by atoms with Crippen LogP contribution in [0.15, 0.2) is 30.3 Å². The highest BCUT2D eigenvalue weighted by molar-refractivity contribution is 5.92. The van der Waals surface area contributed by atoms with Crippen LogP contribution in [0.4, 0.5) is 0 Å². The number of rotatable bonds is 3. The van der Waals surface area contributed by atoms with Crippen LogP contribution in [-0.4, -0.2) is 23.3 Å². The first-order chi connectivity index (χ1) is 13.0. The number of nitrogens with zero attached hydrogens (tertiary/aromatic N) is 1. The van der Waals surface area contributed by atoms with E-state index < -0.39 is 0 Å². The van der Waals surface area contributed by atoms with Gasteiger partial charge in [-0.05, 0) is 61.0 Å². The van der Waals surface area contributed by atoms with Crippen molar-refractivity contribution >= 4 is 10.9 Å². The van der Waals surface area contributed by atoms with Crippen molar-refractivity contribution in [3.05, 3.63) is 52.8 Å². The number of H-pyrrole nitrogens is 1. The lowest BCUT2D eigenvalue weighted by Gasteiger charge is -2.23. The molecule has 1 aromatic carbocycles. The molecule has 1 fully saturated rings. The molecule has 1 aliphatic rings. The van der Waals surface area contributed by atoms with E-state index in [1.807, 2.05) is 13.8 Å². The molecule has 1 aliphatic heterocycles. The third kappa shape index (κ3) is 3.23. The van der Waals surface area contributed by atoms with Gasteiger partial charge in [0.1, 0.15) is 0 Å². The third-order valence-electron chi connectivity index (χ3n) is 5.94. The second-order valence-electron chi connectivity index (χ2n) is 8.24. The van der Waals surface area contributed by atoms with Gasteiger partial charge >= 0.3 is 0 Å². The molecule has 0 radical (unpaired) electrons. The molecule has 0 spiro atoms. The summed E-state index contributed by atoms with van der Waals surface area (Å²) in [6.45, 7) is 10.6. The maximum absolute atomic E-state index is 10.1. The summed E-state index contributed by atoms with van der Waals surface area (Å²) in [7, 11) is 0. The van der Waals surface area contributed by atoms with E-state index in [1.165, 1.54) is 45.3 Å². The van der Waals surface area contributed by atoms with Crippen molar-refractivity contribution in [2.45, 2.75) is 52.4 Å². The lowest BCUT2D eigenvalue weighted by molar-refractivity contribution is -0.912. The number of aromatic nitrogens is 2. The number of hydrogen-bond acceptors (Lipinski definition) is 2. The van der Waals surface area contributed by atoms with Crippen LogP contribution in [0, 0.1) is 13.8 Å². The van der Waals surface area contributed by atoms with Crippen molar-refractivity contribution in [1.82, 2.24) is 10.3 Å². The molecule has 0 bridgehead atoms. The standard InChI is InChI=1S/C23H29N3O/c1-14(2)22-20-13-18(17-7-9-24-10-8-17)5-6-21(20)25-23(22)19-11-15(3)26(27)16(4)12-19/h5-6,11-14,17,24,27H,7-10H2,1-4H3/p+1. The fourth-order valence-corrected chi connectivity index (χ4v) is 4.50. The molecule has 27 heavy (non-hydrogen) atoms. The zero-order valence-corrected chi connectivity index (χ0v) is 16.8. The maximum Gasteiger partial charge on any atom is 0.232 e. The van der Waals surface area contributed by atoms with Crippen molar-refractivity contribution in [2.24, 2.45) is 0 Å². The molecule has 4 heteroatoms. The molecule has 0 aliphatic carbocycles. The summed E-state index contributed by atoms with van der Waals surface area (Å²) in [5.41, 5.74) is 8.03. The van der Waals surface area contributed by atoms with Gasteiger partial charge in [0.15, 0.2) is 0 Å². The molecule has 0 saturated carbocycles. The van der Waals surface area contributed by atoms with E-state index in [9.17, 15) is 5.21 Å². The first kappa shape index (κ1) is 18.1. The fourth-order valence-electron chi connectivity index (χ4n) is 4.50. The van der Waals surface area contributed by atoms with E-state index in [1.54, 1.807) is 0 Å². The average Bonchev–Trinajstić information content (AvgIpc) is 3.05. The highest BCUT2D eigenvalue weighted by Gasteiger charge is 2.22. The summed E-state index contributed by atoms with van der Waals surface area (Å²) in [4.78, 5) is 3.66. The summed E-state index contributed by atoms with van der Waals surface area (Å²) in [6, 6.07) is 11.1. The highest BCUT2D eigenvalue weighted by atomic mass is 16.5. The molecule has 3 aromatic rings. The van der Waals surface area contributed by atoms with Crippen LogP contribution in [0.25, 0.3) is 22.2 Å². The van der Waals surface area contributed by atoms with Gasteiger partial charge in [0.2, 0.25) is 11.4 Å². The number of aromatic amines is 1.